The molecule has 0 spiro atoms. The van der Waals surface area contributed by atoms with Gasteiger partial charge >= 0.3 is 0 Å². The van der Waals surface area contributed by atoms with E-state index in [-0.39, 0.29) is 18.3 Å². The van der Waals surface area contributed by atoms with Gasteiger partial charge in [-0.3, -0.25) is 4.79 Å². The van der Waals surface area contributed by atoms with Crippen molar-refractivity contribution in [2.45, 2.75) is 19.5 Å². The number of carbonyl (C=O) groups is 1. The van der Waals surface area contributed by atoms with E-state index in [0.717, 1.165) is 15.6 Å². The maximum absolute atomic E-state index is 13.6. The van der Waals surface area contributed by atoms with E-state index in [1.54, 1.807) is 12.1 Å². The molecule has 21 heavy (non-hydrogen) atoms. The molecular formula is C16H16BrFN2O. The van der Waals surface area contributed by atoms with Crippen LogP contribution in [0.1, 0.15) is 22.7 Å². The highest BCUT2D eigenvalue weighted by molar-refractivity contribution is 9.10. The first-order chi connectivity index (χ1) is 9.97. The predicted octanol–water partition coefficient (Wildman–Crippen LogP) is 3.21. The van der Waals surface area contributed by atoms with Gasteiger partial charge in [0.1, 0.15) is 11.9 Å². The van der Waals surface area contributed by atoms with E-state index in [1.165, 1.54) is 6.07 Å². The molecule has 1 amide bonds. The number of amides is 1. The summed E-state index contributed by atoms with van der Waals surface area (Å²) in [5.74, 6) is -0.694. The smallest absolute Gasteiger partial charge is 0.241 e. The van der Waals surface area contributed by atoms with Crippen LogP contribution < -0.4 is 11.1 Å². The third-order valence-corrected chi connectivity index (χ3v) is 3.67. The summed E-state index contributed by atoms with van der Waals surface area (Å²) in [5, 5.41) is 2.66. The highest BCUT2D eigenvalue weighted by Gasteiger charge is 2.15. The lowest BCUT2D eigenvalue weighted by Crippen LogP contribution is -2.33. The molecule has 0 radical (unpaired) electrons. The molecule has 2 aromatic carbocycles. The summed E-state index contributed by atoms with van der Waals surface area (Å²) >= 11 is 3.27. The quantitative estimate of drug-likeness (QED) is 0.889. The number of aryl methyl sites for hydroxylation is 1. The number of rotatable bonds is 4. The molecule has 0 bridgehead atoms. The van der Waals surface area contributed by atoms with E-state index < -0.39 is 6.04 Å². The Morgan fingerprint density at radius 2 is 1.95 bits per heavy atom. The van der Waals surface area contributed by atoms with Crippen molar-refractivity contribution in [3.8, 4) is 0 Å². The van der Waals surface area contributed by atoms with Crippen LogP contribution in [0.5, 0.6) is 0 Å². The minimum Gasteiger partial charge on any atom is -0.350 e. The first kappa shape index (κ1) is 15.7. The Morgan fingerprint density at radius 3 is 2.62 bits per heavy atom. The summed E-state index contributed by atoms with van der Waals surface area (Å²) in [4.78, 5) is 12.0. The van der Waals surface area contributed by atoms with Gasteiger partial charge in [-0.1, -0.05) is 45.8 Å². The molecule has 3 N–H and O–H groups in total. The van der Waals surface area contributed by atoms with E-state index in [4.69, 9.17) is 5.73 Å². The van der Waals surface area contributed by atoms with Crippen LogP contribution in [-0.2, 0) is 11.3 Å². The number of halogens is 2. The summed E-state index contributed by atoms with van der Waals surface area (Å²) in [6, 6.07) is 11.3. The summed E-state index contributed by atoms with van der Waals surface area (Å²) < 4.78 is 14.3. The lowest BCUT2D eigenvalue weighted by atomic mass is 10.1. The van der Waals surface area contributed by atoms with Gasteiger partial charge in [0.05, 0.1) is 0 Å². The number of hydrogen-bond donors (Lipinski definition) is 2. The molecule has 1 atom stereocenters. The fourth-order valence-electron chi connectivity index (χ4n) is 1.90. The normalized spacial score (nSPS) is 12.0. The van der Waals surface area contributed by atoms with Crippen molar-refractivity contribution in [1.82, 2.24) is 5.32 Å². The molecule has 0 saturated carbocycles. The van der Waals surface area contributed by atoms with Crippen LogP contribution in [0.3, 0.4) is 0 Å². The lowest BCUT2D eigenvalue weighted by molar-refractivity contribution is -0.122. The van der Waals surface area contributed by atoms with Crippen LogP contribution in [0.25, 0.3) is 0 Å². The molecular weight excluding hydrogens is 335 g/mol. The second-order valence-corrected chi connectivity index (χ2v) is 5.76. The summed E-state index contributed by atoms with van der Waals surface area (Å²) in [5.41, 5.74) is 8.15. The van der Waals surface area contributed by atoms with Gasteiger partial charge in [-0.05, 0) is 30.7 Å². The molecule has 0 saturated heterocycles. The predicted molar refractivity (Wildman–Crippen MR) is 84.1 cm³/mol. The van der Waals surface area contributed by atoms with E-state index in [9.17, 15) is 9.18 Å². The Hall–Kier alpha value is -1.72. The van der Waals surface area contributed by atoms with Gasteiger partial charge in [0.25, 0.3) is 0 Å². The highest BCUT2D eigenvalue weighted by atomic mass is 79.9. The van der Waals surface area contributed by atoms with Crippen LogP contribution in [0, 0.1) is 12.7 Å². The SMILES string of the molecule is Cc1ccc(C(N)C(=O)NCc2cc(Br)ccc2F)cc1. The fourth-order valence-corrected chi connectivity index (χ4v) is 2.30. The molecule has 110 valence electrons. The van der Waals surface area contributed by atoms with Crippen molar-refractivity contribution in [2.75, 3.05) is 0 Å². The Balaban J connectivity index is 2.01. The molecule has 3 nitrogen and oxygen atoms in total. The van der Waals surface area contributed by atoms with Gasteiger partial charge in [-0.25, -0.2) is 4.39 Å². The van der Waals surface area contributed by atoms with E-state index >= 15 is 0 Å². The first-order valence-corrected chi connectivity index (χ1v) is 7.30. The highest BCUT2D eigenvalue weighted by Crippen LogP contribution is 2.16. The third kappa shape index (κ3) is 4.12. The number of nitrogens with two attached hydrogens (primary N) is 1. The molecule has 0 heterocycles. The summed E-state index contributed by atoms with van der Waals surface area (Å²) in [7, 11) is 0. The standard InChI is InChI=1S/C16H16BrFN2O/c1-10-2-4-11(5-3-10)15(19)16(21)20-9-12-8-13(17)6-7-14(12)18/h2-8,15H,9,19H2,1H3,(H,20,21). The molecule has 0 fully saturated rings. The Bertz CT molecular complexity index is 643. The van der Waals surface area contributed by atoms with Gasteiger partial charge in [0.2, 0.25) is 5.91 Å². The zero-order valence-electron chi connectivity index (χ0n) is 11.6. The van der Waals surface area contributed by atoms with Crippen LogP contribution in [0.2, 0.25) is 0 Å². The zero-order valence-corrected chi connectivity index (χ0v) is 13.2. The van der Waals surface area contributed by atoms with Gasteiger partial charge < -0.3 is 11.1 Å². The number of nitrogens with one attached hydrogen (secondary N) is 1. The Kier molecular flexibility index (Phi) is 5.09. The van der Waals surface area contributed by atoms with E-state index in [1.807, 2.05) is 31.2 Å². The molecule has 0 aliphatic carbocycles. The monoisotopic (exact) mass is 350 g/mol. The lowest BCUT2D eigenvalue weighted by Gasteiger charge is -2.13. The fraction of sp³-hybridized carbons (Fsp3) is 0.188. The average Bonchev–Trinajstić information content (AvgIpc) is 2.48. The van der Waals surface area contributed by atoms with Crippen LogP contribution in [0.4, 0.5) is 4.39 Å². The number of carbonyl (C=O) groups excluding carboxylic acids is 1. The average molecular weight is 351 g/mol. The van der Waals surface area contributed by atoms with Gasteiger partial charge in [-0.15, -0.1) is 0 Å². The second-order valence-electron chi connectivity index (χ2n) is 4.84. The first-order valence-electron chi connectivity index (χ1n) is 6.51. The maximum atomic E-state index is 13.6. The molecule has 2 aromatic rings. The minimum atomic E-state index is -0.763. The number of hydrogen-bond acceptors (Lipinski definition) is 2. The summed E-state index contributed by atoms with van der Waals surface area (Å²) in [6.45, 7) is 2.06. The van der Waals surface area contributed by atoms with Crippen molar-refractivity contribution < 1.29 is 9.18 Å². The second kappa shape index (κ2) is 6.83. The molecule has 0 aliphatic heterocycles. The number of benzene rings is 2. The van der Waals surface area contributed by atoms with E-state index in [2.05, 4.69) is 21.2 Å². The van der Waals surface area contributed by atoms with Crippen molar-refractivity contribution in [3.63, 3.8) is 0 Å². The minimum absolute atomic E-state index is 0.101. The van der Waals surface area contributed by atoms with Crippen LogP contribution >= 0.6 is 15.9 Å². The largest absolute Gasteiger partial charge is 0.350 e. The van der Waals surface area contributed by atoms with E-state index in [0.29, 0.717) is 5.56 Å². The van der Waals surface area contributed by atoms with Crippen molar-refractivity contribution >= 4 is 21.8 Å². The third-order valence-electron chi connectivity index (χ3n) is 3.18. The molecule has 2 rings (SSSR count). The topological polar surface area (TPSA) is 55.1 Å². The maximum Gasteiger partial charge on any atom is 0.241 e. The Labute approximate surface area is 131 Å². The van der Waals surface area contributed by atoms with Crippen molar-refractivity contribution in [2.24, 2.45) is 5.73 Å². The molecule has 5 heteroatoms. The zero-order chi connectivity index (χ0) is 15.4. The molecule has 0 aromatic heterocycles. The van der Waals surface area contributed by atoms with Crippen LogP contribution in [0.15, 0.2) is 46.9 Å². The summed E-state index contributed by atoms with van der Waals surface area (Å²) in [6.07, 6.45) is 0. The Morgan fingerprint density at radius 1 is 1.29 bits per heavy atom. The van der Waals surface area contributed by atoms with Gasteiger partial charge in [-0.2, -0.15) is 0 Å². The van der Waals surface area contributed by atoms with Gasteiger partial charge in [0, 0.05) is 16.6 Å². The molecule has 1 unspecified atom stereocenters. The van der Waals surface area contributed by atoms with Crippen molar-refractivity contribution in [1.29, 1.82) is 0 Å². The van der Waals surface area contributed by atoms with Gasteiger partial charge in [0.15, 0.2) is 0 Å². The molecule has 0 aliphatic rings. The van der Waals surface area contributed by atoms with Crippen LogP contribution in [-0.4, -0.2) is 5.91 Å². The van der Waals surface area contributed by atoms with Crippen molar-refractivity contribution in [3.05, 3.63) is 69.4 Å².